The maximum Gasteiger partial charge on any atom is 0.416 e. The topological polar surface area (TPSA) is 84.2 Å². The van der Waals surface area contributed by atoms with Gasteiger partial charge in [-0.25, -0.2) is 9.48 Å². The van der Waals surface area contributed by atoms with Gasteiger partial charge in [-0.1, -0.05) is 36.4 Å². The quantitative estimate of drug-likeness (QED) is 0.289. The molecule has 0 spiro atoms. The van der Waals surface area contributed by atoms with Crippen molar-refractivity contribution in [1.82, 2.24) is 9.78 Å². The molecule has 0 unspecified atom stereocenters. The number of anilines is 1. The zero-order chi connectivity index (χ0) is 27.5. The number of fused-ring (bicyclic) bond motifs is 1. The van der Waals surface area contributed by atoms with Crippen LogP contribution < -0.4 is 5.32 Å². The number of aromatic carboxylic acids is 1. The number of nitrogens with zero attached hydrogens (tertiary/aromatic N) is 2. The van der Waals surface area contributed by atoms with Crippen LogP contribution in [-0.4, -0.2) is 26.6 Å². The van der Waals surface area contributed by atoms with Crippen molar-refractivity contribution in [1.29, 1.82) is 0 Å². The summed E-state index contributed by atoms with van der Waals surface area (Å²) in [4.78, 5) is 26.8. The van der Waals surface area contributed by atoms with Gasteiger partial charge in [0, 0.05) is 40.0 Å². The summed E-state index contributed by atoms with van der Waals surface area (Å²) in [5.74, 6) is -2.15. The van der Waals surface area contributed by atoms with Crippen molar-refractivity contribution in [2.75, 3.05) is 5.32 Å². The summed E-state index contributed by atoms with van der Waals surface area (Å²) in [6.07, 6.45) is -4.02. The molecule has 3 heterocycles. The average Bonchev–Trinajstić information content (AvgIpc) is 3.55. The predicted octanol–water partition coefficient (Wildman–Crippen LogP) is 6.92. The molecule has 0 saturated carbocycles. The maximum absolute atomic E-state index is 14.3. The largest absolute Gasteiger partial charge is 0.478 e. The van der Waals surface area contributed by atoms with Gasteiger partial charge in [0.2, 0.25) is 0 Å². The van der Waals surface area contributed by atoms with Crippen molar-refractivity contribution in [2.24, 2.45) is 0 Å². The molecule has 2 N–H and O–H groups in total. The van der Waals surface area contributed by atoms with E-state index in [9.17, 15) is 27.9 Å². The van der Waals surface area contributed by atoms with Crippen LogP contribution in [-0.2, 0) is 11.0 Å². The zero-order valence-electron chi connectivity index (χ0n) is 20.6. The molecule has 2 aromatic carbocycles. The number of halogens is 3. The van der Waals surface area contributed by atoms with Crippen LogP contribution in [0, 0.1) is 6.92 Å². The molecule has 0 bridgehead atoms. The highest BCUT2D eigenvalue weighted by molar-refractivity contribution is 7.10. The minimum Gasteiger partial charge on any atom is -0.478 e. The fraction of sp³-hybridized carbons (Fsp3) is 0.207. The highest BCUT2D eigenvalue weighted by atomic mass is 32.1. The number of nitrogens with one attached hydrogen (secondary N) is 1. The van der Waals surface area contributed by atoms with E-state index in [0.717, 1.165) is 10.9 Å². The van der Waals surface area contributed by atoms with Gasteiger partial charge in [-0.05, 0) is 48.6 Å². The van der Waals surface area contributed by atoms with Gasteiger partial charge in [-0.15, -0.1) is 11.3 Å². The number of ketones is 1. The Kier molecular flexibility index (Phi) is 5.95. The number of allylic oxidation sites excluding steroid dienone is 2. The Morgan fingerprint density at radius 2 is 1.82 bits per heavy atom. The molecule has 1 aliphatic heterocycles. The number of aryl methyl sites for hydroxylation is 1. The smallest absolute Gasteiger partial charge is 0.416 e. The average molecular weight is 550 g/mol. The second kappa shape index (κ2) is 9.23. The molecular weight excluding hydrogens is 527 g/mol. The van der Waals surface area contributed by atoms with Gasteiger partial charge in [-0.2, -0.15) is 18.3 Å². The third-order valence-corrected chi connectivity index (χ3v) is 8.38. The van der Waals surface area contributed by atoms with Crippen molar-refractivity contribution in [3.63, 3.8) is 0 Å². The molecule has 0 amide bonds. The van der Waals surface area contributed by atoms with Crippen molar-refractivity contribution >= 4 is 28.9 Å². The molecule has 4 aromatic rings. The predicted molar refractivity (Wildman–Crippen MR) is 140 cm³/mol. The summed E-state index contributed by atoms with van der Waals surface area (Å²) >= 11 is 1.53. The van der Waals surface area contributed by atoms with Gasteiger partial charge in [-0.3, -0.25) is 4.79 Å². The first kappa shape index (κ1) is 25.1. The number of hydrogen-bond acceptors (Lipinski definition) is 5. The number of para-hydroxylation sites is 1. The van der Waals surface area contributed by atoms with E-state index in [4.69, 9.17) is 0 Å². The number of benzene rings is 2. The molecular formula is C29H22F3N3O3S. The van der Waals surface area contributed by atoms with Crippen molar-refractivity contribution in [3.8, 4) is 5.69 Å². The molecule has 2 aliphatic rings. The zero-order valence-corrected chi connectivity index (χ0v) is 21.4. The van der Waals surface area contributed by atoms with Crippen LogP contribution in [0.1, 0.15) is 62.3 Å². The van der Waals surface area contributed by atoms with Crippen molar-refractivity contribution in [3.05, 3.63) is 110 Å². The molecule has 2 aromatic heterocycles. The van der Waals surface area contributed by atoms with E-state index in [1.54, 1.807) is 25.1 Å². The van der Waals surface area contributed by atoms with Crippen LogP contribution in [0.2, 0.25) is 0 Å². The molecule has 2 atom stereocenters. The molecule has 0 fully saturated rings. The first-order valence-corrected chi connectivity index (χ1v) is 13.2. The molecule has 198 valence electrons. The lowest BCUT2D eigenvalue weighted by Gasteiger charge is -2.36. The van der Waals surface area contributed by atoms with E-state index < -0.39 is 23.6 Å². The third kappa shape index (κ3) is 4.15. The lowest BCUT2D eigenvalue weighted by Crippen LogP contribution is -2.31. The number of hydrogen-bond donors (Lipinski definition) is 2. The highest BCUT2D eigenvalue weighted by Gasteiger charge is 2.45. The first-order chi connectivity index (χ1) is 18.6. The second-order valence-electron chi connectivity index (χ2n) is 9.66. The number of carboxylic acid groups (broad SMARTS) is 1. The number of Topliss-reactive ketones (excluding diaryl/α,β-unsaturated/α-hetero) is 1. The summed E-state index contributed by atoms with van der Waals surface area (Å²) in [5.41, 5.74) is 1.08. The molecule has 0 saturated heterocycles. The van der Waals surface area contributed by atoms with E-state index in [0.29, 0.717) is 34.8 Å². The van der Waals surface area contributed by atoms with Gasteiger partial charge in [0.1, 0.15) is 5.82 Å². The van der Waals surface area contributed by atoms with E-state index in [2.05, 4.69) is 10.4 Å². The minimum absolute atomic E-state index is 0.00667. The Balaban J connectivity index is 1.61. The van der Waals surface area contributed by atoms with Gasteiger partial charge >= 0.3 is 12.1 Å². The van der Waals surface area contributed by atoms with Crippen LogP contribution in [0.5, 0.6) is 0 Å². The summed E-state index contributed by atoms with van der Waals surface area (Å²) in [6, 6.07) is 15.5. The van der Waals surface area contributed by atoms with Gasteiger partial charge < -0.3 is 10.4 Å². The van der Waals surface area contributed by atoms with E-state index in [-0.39, 0.29) is 34.9 Å². The fourth-order valence-corrected chi connectivity index (χ4v) is 6.56. The minimum atomic E-state index is -4.64. The Labute approximate surface area is 225 Å². The van der Waals surface area contributed by atoms with Crippen molar-refractivity contribution in [2.45, 2.75) is 37.8 Å². The monoisotopic (exact) mass is 549 g/mol. The number of aromatic nitrogens is 2. The Bertz CT molecular complexity index is 1650. The number of carbonyl (C=O) groups excluding carboxylic acids is 1. The Morgan fingerprint density at radius 3 is 2.54 bits per heavy atom. The number of carboxylic acids is 1. The van der Waals surface area contributed by atoms with Gasteiger partial charge in [0.05, 0.1) is 22.5 Å². The fourth-order valence-electron chi connectivity index (χ4n) is 5.73. The molecule has 1 aliphatic carbocycles. The number of alkyl halides is 3. The van der Waals surface area contributed by atoms with Crippen LogP contribution in [0.25, 0.3) is 5.69 Å². The molecule has 10 heteroatoms. The SMILES string of the molecule is Cc1nn(-c2ccccc2C(=O)O)c2c1[C@@H](c1ccccc1C(F)(F)F)C1=C(C[C@@H](c3cccs3)CC1=O)N2. The van der Waals surface area contributed by atoms with E-state index in [1.165, 1.54) is 40.3 Å². The summed E-state index contributed by atoms with van der Waals surface area (Å²) in [6.45, 7) is 1.66. The number of thiophene rings is 1. The number of carbonyl (C=O) groups is 2. The molecule has 0 radical (unpaired) electrons. The van der Waals surface area contributed by atoms with E-state index in [1.807, 2.05) is 17.5 Å². The van der Waals surface area contributed by atoms with Crippen LogP contribution >= 0.6 is 11.3 Å². The molecule has 6 rings (SSSR count). The van der Waals surface area contributed by atoms with Crippen LogP contribution in [0.4, 0.5) is 19.0 Å². The lowest BCUT2D eigenvalue weighted by atomic mass is 9.72. The lowest BCUT2D eigenvalue weighted by molar-refractivity contribution is -0.138. The van der Waals surface area contributed by atoms with E-state index >= 15 is 0 Å². The van der Waals surface area contributed by atoms with Gasteiger partial charge in [0.15, 0.2) is 5.78 Å². The van der Waals surface area contributed by atoms with Crippen LogP contribution in [0.3, 0.4) is 0 Å². The Hall–Kier alpha value is -4.18. The highest BCUT2D eigenvalue weighted by Crippen LogP contribution is 2.52. The molecule has 6 nitrogen and oxygen atoms in total. The third-order valence-electron chi connectivity index (χ3n) is 7.35. The maximum atomic E-state index is 14.3. The van der Waals surface area contributed by atoms with Gasteiger partial charge in [0.25, 0.3) is 0 Å². The summed E-state index contributed by atoms with van der Waals surface area (Å²) in [5, 5.41) is 19.7. The summed E-state index contributed by atoms with van der Waals surface area (Å²) < 4.78 is 44.2. The number of rotatable bonds is 4. The molecule has 39 heavy (non-hydrogen) atoms. The second-order valence-corrected chi connectivity index (χ2v) is 10.6. The standard InChI is InChI=1S/C29H22F3N3O3S/c1-15-24-25(17-7-2-4-9-19(17)29(30,31)32)26-20(13-16(14-22(26)36)23-11-6-12-39-23)33-27(24)35(34-15)21-10-5-3-8-18(21)28(37)38/h2-12,16,25,33H,13-14H2,1H3,(H,37,38)/t16-,25-/m1/s1. The van der Waals surface area contributed by atoms with Crippen molar-refractivity contribution < 1.29 is 27.9 Å². The first-order valence-electron chi connectivity index (χ1n) is 12.3. The Morgan fingerprint density at radius 1 is 1.08 bits per heavy atom. The normalized spacial score (nSPS) is 18.9. The van der Waals surface area contributed by atoms with Crippen LogP contribution in [0.15, 0.2) is 77.3 Å². The summed E-state index contributed by atoms with van der Waals surface area (Å²) in [7, 11) is 0.